The number of nitrogens with one attached hydrogen (secondary N) is 2. The molecule has 2 aliphatic heterocycles. The summed E-state index contributed by atoms with van der Waals surface area (Å²) in [6.45, 7) is 6.56. The van der Waals surface area contributed by atoms with Crippen LogP contribution in [-0.2, 0) is 4.79 Å². The Kier molecular flexibility index (Phi) is 4.01. The fourth-order valence-corrected chi connectivity index (χ4v) is 2.72. The highest BCUT2D eigenvalue weighted by atomic mass is 16.3. The van der Waals surface area contributed by atoms with Crippen LogP contribution in [0.15, 0.2) is 0 Å². The van der Waals surface area contributed by atoms with Gasteiger partial charge in [-0.2, -0.15) is 0 Å². The summed E-state index contributed by atoms with van der Waals surface area (Å²) in [5.41, 5.74) is 0. The van der Waals surface area contributed by atoms with Crippen LogP contribution in [0.25, 0.3) is 0 Å². The highest BCUT2D eigenvalue weighted by Gasteiger charge is 2.37. The zero-order valence-corrected chi connectivity index (χ0v) is 10.6. The Morgan fingerprint density at radius 2 is 2.12 bits per heavy atom. The fraction of sp³-hybridized carbons (Fsp3) is 0.917. The molecule has 2 saturated heterocycles. The molecule has 4 atom stereocenters. The van der Waals surface area contributed by atoms with Crippen LogP contribution in [-0.4, -0.2) is 60.3 Å². The van der Waals surface area contributed by atoms with Crippen LogP contribution < -0.4 is 10.6 Å². The van der Waals surface area contributed by atoms with Crippen molar-refractivity contribution in [2.45, 2.75) is 38.4 Å². The predicted octanol–water partition coefficient (Wildman–Crippen LogP) is -0.834. The Balaban J connectivity index is 1.95. The first-order chi connectivity index (χ1) is 8.13. The number of amides is 1. The average Bonchev–Trinajstić information content (AvgIpc) is 2.70. The standard InChI is InChI=1S/C12H23N3O2/c1-8-3-4-15(11(8)7-16)12(17)10-6-13-9(2)5-14-10/h8-11,13-14,16H,3-7H2,1-2H3. The van der Waals surface area contributed by atoms with Gasteiger partial charge in [-0.15, -0.1) is 0 Å². The van der Waals surface area contributed by atoms with Crippen molar-refractivity contribution in [1.29, 1.82) is 0 Å². The maximum Gasteiger partial charge on any atom is 0.241 e. The average molecular weight is 241 g/mol. The van der Waals surface area contributed by atoms with Crippen LogP contribution in [0.1, 0.15) is 20.3 Å². The lowest BCUT2D eigenvalue weighted by atomic mass is 10.0. The minimum absolute atomic E-state index is 0.00338. The Morgan fingerprint density at radius 3 is 2.71 bits per heavy atom. The van der Waals surface area contributed by atoms with Gasteiger partial charge in [-0.1, -0.05) is 6.92 Å². The van der Waals surface area contributed by atoms with Gasteiger partial charge in [0, 0.05) is 25.7 Å². The van der Waals surface area contributed by atoms with Crippen molar-refractivity contribution in [3.05, 3.63) is 0 Å². The van der Waals surface area contributed by atoms with Crippen molar-refractivity contribution in [2.75, 3.05) is 26.2 Å². The normalized spacial score (nSPS) is 38.4. The van der Waals surface area contributed by atoms with E-state index in [9.17, 15) is 9.90 Å². The van der Waals surface area contributed by atoms with Crippen molar-refractivity contribution in [3.8, 4) is 0 Å². The molecule has 2 fully saturated rings. The second-order valence-corrected chi connectivity index (χ2v) is 5.32. The zero-order chi connectivity index (χ0) is 12.4. The van der Waals surface area contributed by atoms with Gasteiger partial charge >= 0.3 is 0 Å². The molecule has 0 aromatic carbocycles. The summed E-state index contributed by atoms with van der Waals surface area (Å²) in [6, 6.07) is 0.291. The first-order valence-corrected chi connectivity index (χ1v) is 6.51. The number of hydrogen-bond acceptors (Lipinski definition) is 4. The second-order valence-electron chi connectivity index (χ2n) is 5.32. The predicted molar refractivity (Wildman–Crippen MR) is 65.6 cm³/mol. The van der Waals surface area contributed by atoms with Crippen LogP contribution in [0.5, 0.6) is 0 Å². The van der Waals surface area contributed by atoms with Gasteiger partial charge in [0.1, 0.15) is 0 Å². The molecule has 5 heteroatoms. The molecule has 2 aliphatic rings. The van der Waals surface area contributed by atoms with Gasteiger partial charge in [0.05, 0.1) is 18.7 Å². The highest BCUT2D eigenvalue weighted by Crippen LogP contribution is 2.24. The SMILES string of the molecule is CC1CNC(C(=O)N2CCC(C)C2CO)CN1. The summed E-state index contributed by atoms with van der Waals surface area (Å²) in [5.74, 6) is 0.534. The number of likely N-dealkylation sites (tertiary alicyclic amines) is 1. The molecule has 98 valence electrons. The minimum Gasteiger partial charge on any atom is -0.394 e. The molecule has 0 aromatic heterocycles. The molecule has 2 rings (SSSR count). The van der Waals surface area contributed by atoms with Crippen LogP contribution in [0.3, 0.4) is 0 Å². The summed E-state index contributed by atoms with van der Waals surface area (Å²) in [7, 11) is 0. The second kappa shape index (κ2) is 5.33. The molecule has 0 aliphatic carbocycles. The van der Waals surface area contributed by atoms with E-state index in [1.54, 1.807) is 0 Å². The molecule has 0 bridgehead atoms. The summed E-state index contributed by atoms with van der Waals surface area (Å²) >= 11 is 0. The third-order valence-corrected chi connectivity index (χ3v) is 3.99. The number of nitrogens with zero attached hydrogens (tertiary/aromatic N) is 1. The van der Waals surface area contributed by atoms with Gasteiger partial charge in [-0.05, 0) is 19.3 Å². The lowest BCUT2D eigenvalue weighted by Gasteiger charge is -2.33. The minimum atomic E-state index is -0.134. The number of rotatable bonds is 2. The number of hydrogen-bond donors (Lipinski definition) is 3. The van der Waals surface area contributed by atoms with E-state index in [-0.39, 0.29) is 24.6 Å². The van der Waals surface area contributed by atoms with E-state index in [1.807, 2.05) is 4.90 Å². The molecular formula is C12H23N3O2. The van der Waals surface area contributed by atoms with Crippen LogP contribution in [0.4, 0.5) is 0 Å². The monoisotopic (exact) mass is 241 g/mol. The number of aliphatic hydroxyl groups excluding tert-OH is 1. The molecule has 17 heavy (non-hydrogen) atoms. The van der Waals surface area contributed by atoms with Crippen molar-refractivity contribution < 1.29 is 9.90 Å². The van der Waals surface area contributed by atoms with Gasteiger partial charge in [0.25, 0.3) is 0 Å². The molecule has 0 spiro atoms. The zero-order valence-electron chi connectivity index (χ0n) is 10.6. The molecule has 1 amide bonds. The van der Waals surface area contributed by atoms with E-state index in [0.717, 1.165) is 19.5 Å². The topological polar surface area (TPSA) is 64.6 Å². The summed E-state index contributed by atoms with van der Waals surface area (Å²) in [6.07, 6.45) is 0.994. The quantitative estimate of drug-likeness (QED) is 0.590. The maximum atomic E-state index is 12.3. The summed E-state index contributed by atoms with van der Waals surface area (Å²) < 4.78 is 0. The van der Waals surface area contributed by atoms with Crippen molar-refractivity contribution in [3.63, 3.8) is 0 Å². The number of carbonyl (C=O) groups excluding carboxylic acids is 1. The van der Waals surface area contributed by atoms with Gasteiger partial charge in [0.15, 0.2) is 0 Å². The van der Waals surface area contributed by atoms with E-state index in [1.165, 1.54) is 0 Å². The number of aliphatic hydroxyl groups is 1. The first kappa shape index (κ1) is 12.8. The third kappa shape index (κ3) is 2.61. The lowest BCUT2D eigenvalue weighted by molar-refractivity contribution is -0.135. The molecule has 0 radical (unpaired) electrons. The van der Waals surface area contributed by atoms with Crippen LogP contribution in [0.2, 0.25) is 0 Å². The Morgan fingerprint density at radius 1 is 1.35 bits per heavy atom. The smallest absolute Gasteiger partial charge is 0.241 e. The Hall–Kier alpha value is -0.650. The van der Waals surface area contributed by atoms with Crippen LogP contribution >= 0.6 is 0 Å². The molecule has 4 unspecified atom stereocenters. The van der Waals surface area contributed by atoms with E-state index in [0.29, 0.717) is 18.5 Å². The van der Waals surface area contributed by atoms with E-state index in [2.05, 4.69) is 24.5 Å². The maximum absolute atomic E-state index is 12.3. The molecule has 5 nitrogen and oxygen atoms in total. The van der Waals surface area contributed by atoms with Gasteiger partial charge in [-0.3, -0.25) is 4.79 Å². The van der Waals surface area contributed by atoms with Gasteiger partial charge < -0.3 is 20.6 Å². The molecule has 0 aromatic rings. The van der Waals surface area contributed by atoms with Crippen molar-refractivity contribution in [2.24, 2.45) is 5.92 Å². The number of carbonyl (C=O) groups is 1. The molecule has 3 N–H and O–H groups in total. The first-order valence-electron chi connectivity index (χ1n) is 6.51. The van der Waals surface area contributed by atoms with E-state index in [4.69, 9.17) is 0 Å². The Labute approximate surface area is 103 Å². The van der Waals surface area contributed by atoms with Crippen LogP contribution in [0, 0.1) is 5.92 Å². The lowest BCUT2D eigenvalue weighted by Crippen LogP contribution is -2.60. The number of piperazine rings is 1. The van der Waals surface area contributed by atoms with E-state index < -0.39 is 0 Å². The fourth-order valence-electron chi connectivity index (χ4n) is 2.72. The van der Waals surface area contributed by atoms with Crippen molar-refractivity contribution >= 4 is 5.91 Å². The molecule has 2 heterocycles. The third-order valence-electron chi connectivity index (χ3n) is 3.99. The van der Waals surface area contributed by atoms with Gasteiger partial charge in [0.2, 0.25) is 5.91 Å². The van der Waals surface area contributed by atoms with E-state index >= 15 is 0 Å². The summed E-state index contributed by atoms with van der Waals surface area (Å²) in [5, 5.41) is 15.9. The van der Waals surface area contributed by atoms with Gasteiger partial charge in [-0.25, -0.2) is 0 Å². The molecule has 0 saturated carbocycles. The highest BCUT2D eigenvalue weighted by molar-refractivity contribution is 5.83. The Bertz CT molecular complexity index is 277. The van der Waals surface area contributed by atoms with Crippen molar-refractivity contribution in [1.82, 2.24) is 15.5 Å². The molecular weight excluding hydrogens is 218 g/mol. The summed E-state index contributed by atoms with van der Waals surface area (Å²) in [4.78, 5) is 14.2. The largest absolute Gasteiger partial charge is 0.394 e.